The minimum absolute atomic E-state index is 0.195. The van der Waals surface area contributed by atoms with E-state index in [4.69, 9.17) is 14.1 Å². The molecule has 0 spiro atoms. The van der Waals surface area contributed by atoms with E-state index >= 15 is 0 Å². The summed E-state index contributed by atoms with van der Waals surface area (Å²) in [5.74, 6) is 2.32. The topological polar surface area (TPSA) is 82.3 Å². The standard InChI is InChI=1S/C24H34N4O3/c29-22-8-11-28(17-22)16-21-5-2-1-4-20(21)15-27-24(26-14-19-9-13-30-18-19)25-10-7-23-6-3-12-31-23/h1-6,12,19,22,29H,7-11,13-18H2,(H2,25,26,27). The molecule has 2 aliphatic heterocycles. The summed E-state index contributed by atoms with van der Waals surface area (Å²) in [6.07, 6.45) is 4.28. The van der Waals surface area contributed by atoms with Gasteiger partial charge >= 0.3 is 0 Å². The highest BCUT2D eigenvalue weighted by Gasteiger charge is 2.21. The van der Waals surface area contributed by atoms with Crippen molar-refractivity contribution in [1.29, 1.82) is 0 Å². The Bertz CT molecular complexity index is 818. The van der Waals surface area contributed by atoms with E-state index in [1.54, 1.807) is 6.26 Å². The minimum Gasteiger partial charge on any atom is -0.469 e. The van der Waals surface area contributed by atoms with Crippen molar-refractivity contribution in [2.75, 3.05) is 39.4 Å². The molecule has 2 saturated heterocycles. The number of rotatable bonds is 9. The number of likely N-dealkylation sites (tertiary alicyclic amines) is 1. The lowest BCUT2D eigenvalue weighted by Gasteiger charge is -2.18. The second-order valence-corrected chi connectivity index (χ2v) is 8.48. The Kier molecular flexibility index (Phi) is 7.98. The molecule has 0 bridgehead atoms. The summed E-state index contributed by atoms with van der Waals surface area (Å²) < 4.78 is 10.9. The van der Waals surface area contributed by atoms with Crippen LogP contribution in [0.2, 0.25) is 0 Å². The van der Waals surface area contributed by atoms with Gasteiger partial charge in [0, 0.05) is 51.7 Å². The van der Waals surface area contributed by atoms with Gasteiger partial charge in [-0.1, -0.05) is 24.3 Å². The molecule has 3 N–H and O–H groups in total. The molecule has 2 fully saturated rings. The molecule has 2 unspecified atom stereocenters. The molecule has 2 atom stereocenters. The van der Waals surface area contributed by atoms with Crippen LogP contribution in [0.4, 0.5) is 0 Å². The monoisotopic (exact) mass is 426 g/mol. The smallest absolute Gasteiger partial charge is 0.191 e. The van der Waals surface area contributed by atoms with Gasteiger partial charge in [-0.3, -0.25) is 4.90 Å². The molecule has 0 radical (unpaired) electrons. The van der Waals surface area contributed by atoms with Crippen LogP contribution in [0, 0.1) is 5.92 Å². The first-order valence-corrected chi connectivity index (χ1v) is 11.4. The highest BCUT2D eigenvalue weighted by atomic mass is 16.5. The van der Waals surface area contributed by atoms with E-state index in [1.165, 1.54) is 11.1 Å². The zero-order valence-electron chi connectivity index (χ0n) is 18.1. The van der Waals surface area contributed by atoms with Crippen molar-refractivity contribution in [3.8, 4) is 0 Å². The molecule has 3 heterocycles. The molecule has 168 valence electrons. The molecule has 1 aromatic carbocycles. The average molecular weight is 427 g/mol. The van der Waals surface area contributed by atoms with Gasteiger partial charge in [0.05, 0.1) is 25.5 Å². The summed E-state index contributed by atoms with van der Waals surface area (Å²) in [5, 5.41) is 16.8. The molecule has 2 aromatic rings. The molecule has 0 amide bonds. The second-order valence-electron chi connectivity index (χ2n) is 8.48. The van der Waals surface area contributed by atoms with Gasteiger partial charge in [0.2, 0.25) is 0 Å². The molecule has 0 aliphatic carbocycles. The van der Waals surface area contributed by atoms with Gasteiger partial charge in [0.25, 0.3) is 0 Å². The fraction of sp³-hybridized carbons (Fsp3) is 0.542. The van der Waals surface area contributed by atoms with Crippen molar-refractivity contribution in [2.24, 2.45) is 10.9 Å². The number of nitrogens with zero attached hydrogens (tertiary/aromatic N) is 2. The van der Waals surface area contributed by atoms with Crippen LogP contribution in [0.15, 0.2) is 52.1 Å². The quantitative estimate of drug-likeness (QED) is 0.421. The largest absolute Gasteiger partial charge is 0.469 e. The summed E-state index contributed by atoms with van der Waals surface area (Å²) in [7, 11) is 0. The van der Waals surface area contributed by atoms with Crippen molar-refractivity contribution in [3.05, 3.63) is 59.5 Å². The average Bonchev–Trinajstić information content (AvgIpc) is 3.54. The minimum atomic E-state index is -0.195. The number of aliphatic hydroxyl groups excluding tert-OH is 1. The van der Waals surface area contributed by atoms with Crippen molar-refractivity contribution in [1.82, 2.24) is 15.5 Å². The first kappa shape index (κ1) is 21.9. The van der Waals surface area contributed by atoms with E-state index < -0.39 is 0 Å². The number of ether oxygens (including phenoxy) is 1. The van der Waals surface area contributed by atoms with E-state index in [0.29, 0.717) is 12.5 Å². The lowest BCUT2D eigenvalue weighted by atomic mass is 10.1. The van der Waals surface area contributed by atoms with Gasteiger partial charge in [-0.15, -0.1) is 0 Å². The van der Waals surface area contributed by atoms with E-state index in [2.05, 4.69) is 39.8 Å². The van der Waals surface area contributed by atoms with Gasteiger partial charge in [-0.25, -0.2) is 4.99 Å². The van der Waals surface area contributed by atoms with Crippen molar-refractivity contribution < 1.29 is 14.3 Å². The number of aliphatic hydroxyl groups is 1. The normalized spacial score (nSPS) is 22.2. The predicted molar refractivity (Wildman–Crippen MR) is 121 cm³/mol. The van der Waals surface area contributed by atoms with Gasteiger partial charge in [-0.2, -0.15) is 0 Å². The molecule has 4 rings (SSSR count). The third kappa shape index (κ3) is 6.82. The fourth-order valence-corrected chi connectivity index (χ4v) is 4.15. The molecular formula is C24H34N4O3. The number of nitrogens with one attached hydrogen (secondary N) is 2. The summed E-state index contributed by atoms with van der Waals surface area (Å²) >= 11 is 0. The number of β-amino-alcohol motifs (C(OH)–C–C–N with tert-alkyl or cyclic N) is 1. The Morgan fingerprint density at radius 2 is 2.03 bits per heavy atom. The number of hydrogen-bond acceptors (Lipinski definition) is 5. The van der Waals surface area contributed by atoms with Crippen LogP contribution in [0.3, 0.4) is 0 Å². The number of benzene rings is 1. The van der Waals surface area contributed by atoms with Crippen LogP contribution in [-0.4, -0.2) is 61.5 Å². The molecular weight excluding hydrogens is 392 g/mol. The highest BCUT2D eigenvalue weighted by molar-refractivity contribution is 5.79. The van der Waals surface area contributed by atoms with Crippen LogP contribution in [0.5, 0.6) is 0 Å². The van der Waals surface area contributed by atoms with E-state index in [0.717, 1.165) is 76.9 Å². The van der Waals surface area contributed by atoms with Crippen LogP contribution < -0.4 is 10.6 Å². The number of guanidine groups is 1. The van der Waals surface area contributed by atoms with Gasteiger partial charge in [0.15, 0.2) is 5.96 Å². The molecule has 2 aliphatic rings. The Labute approximate surface area is 184 Å². The number of aliphatic imine (C=N–C) groups is 1. The third-order valence-corrected chi connectivity index (χ3v) is 5.99. The van der Waals surface area contributed by atoms with Crippen LogP contribution in [0.25, 0.3) is 0 Å². The van der Waals surface area contributed by atoms with Crippen molar-refractivity contribution in [3.63, 3.8) is 0 Å². The number of hydrogen-bond donors (Lipinski definition) is 3. The molecule has 1 aromatic heterocycles. The highest BCUT2D eigenvalue weighted by Crippen LogP contribution is 2.17. The fourth-order valence-electron chi connectivity index (χ4n) is 4.15. The lowest BCUT2D eigenvalue weighted by Crippen LogP contribution is -2.41. The summed E-state index contributed by atoms with van der Waals surface area (Å²) in [4.78, 5) is 7.19. The van der Waals surface area contributed by atoms with E-state index in [-0.39, 0.29) is 6.10 Å². The molecule has 7 nitrogen and oxygen atoms in total. The summed E-state index contributed by atoms with van der Waals surface area (Å²) in [5.41, 5.74) is 2.50. The molecule has 0 saturated carbocycles. The molecule has 7 heteroatoms. The lowest BCUT2D eigenvalue weighted by molar-refractivity contribution is 0.174. The van der Waals surface area contributed by atoms with Crippen molar-refractivity contribution in [2.45, 2.75) is 38.5 Å². The maximum absolute atomic E-state index is 9.83. The van der Waals surface area contributed by atoms with Crippen LogP contribution in [0.1, 0.15) is 29.7 Å². The zero-order chi connectivity index (χ0) is 21.3. The van der Waals surface area contributed by atoms with Gasteiger partial charge in [0.1, 0.15) is 5.76 Å². The maximum Gasteiger partial charge on any atom is 0.191 e. The summed E-state index contributed by atoms with van der Waals surface area (Å²) in [6.45, 7) is 6.46. The number of furan rings is 1. The van der Waals surface area contributed by atoms with Crippen LogP contribution >= 0.6 is 0 Å². The van der Waals surface area contributed by atoms with Crippen molar-refractivity contribution >= 4 is 5.96 Å². The second kappa shape index (κ2) is 11.3. The maximum atomic E-state index is 9.83. The Hall–Kier alpha value is -2.35. The Morgan fingerprint density at radius 3 is 2.77 bits per heavy atom. The van der Waals surface area contributed by atoms with E-state index in [9.17, 15) is 5.11 Å². The Balaban J connectivity index is 1.37. The first-order valence-electron chi connectivity index (χ1n) is 11.4. The van der Waals surface area contributed by atoms with Gasteiger partial charge < -0.3 is 24.9 Å². The SMILES string of the molecule is OC1CCN(Cc2ccccc2CN=C(NCCc2ccco2)NCC2CCOC2)C1. The zero-order valence-corrected chi connectivity index (χ0v) is 18.1. The third-order valence-electron chi connectivity index (χ3n) is 5.99. The first-order chi connectivity index (χ1) is 15.3. The van der Waals surface area contributed by atoms with Gasteiger partial charge in [-0.05, 0) is 36.1 Å². The van der Waals surface area contributed by atoms with E-state index in [1.807, 2.05) is 12.1 Å². The summed E-state index contributed by atoms with van der Waals surface area (Å²) in [6, 6.07) is 12.4. The predicted octanol–water partition coefficient (Wildman–Crippen LogP) is 2.16. The van der Waals surface area contributed by atoms with Crippen LogP contribution in [-0.2, 0) is 24.2 Å². The Morgan fingerprint density at radius 1 is 1.13 bits per heavy atom. The molecule has 31 heavy (non-hydrogen) atoms.